The molecule has 1 N–H and O–H groups in total. The van der Waals surface area contributed by atoms with Crippen LogP contribution in [0.5, 0.6) is 0 Å². The van der Waals surface area contributed by atoms with E-state index in [2.05, 4.69) is 30.6 Å². The molecule has 0 radical (unpaired) electrons. The molecule has 0 atom stereocenters. The van der Waals surface area contributed by atoms with E-state index >= 15 is 0 Å². The number of fused-ring (bicyclic) bond motifs is 1. The molecule has 28 heavy (non-hydrogen) atoms. The van der Waals surface area contributed by atoms with Gasteiger partial charge in [-0.1, -0.05) is 0 Å². The summed E-state index contributed by atoms with van der Waals surface area (Å²) in [5.41, 5.74) is 1.12. The van der Waals surface area contributed by atoms with Crippen molar-refractivity contribution in [1.29, 1.82) is 0 Å². The normalized spacial score (nSPS) is 11.9. The van der Waals surface area contributed by atoms with Crippen LogP contribution in [0.25, 0.3) is 16.9 Å². The number of nitrogens with one attached hydrogen (secondary N) is 1. The number of anilines is 2. The zero-order valence-electron chi connectivity index (χ0n) is 16.0. The van der Waals surface area contributed by atoms with Crippen LogP contribution in [0.4, 0.5) is 16.2 Å². The van der Waals surface area contributed by atoms with E-state index in [9.17, 15) is 4.39 Å². The van der Waals surface area contributed by atoms with E-state index in [1.807, 2.05) is 41.9 Å². The highest BCUT2D eigenvalue weighted by atomic mass is 19.1. The molecular formula is C19H21FN8. The fraction of sp³-hybridized carbons (Fsp3) is 0.316. The highest BCUT2D eigenvalue weighted by Gasteiger charge is 2.17. The molecule has 0 saturated heterocycles. The maximum Gasteiger partial charge on any atom is 0.228 e. The molecule has 0 aromatic carbocycles. The van der Waals surface area contributed by atoms with Crippen molar-refractivity contribution in [2.45, 2.75) is 32.4 Å². The van der Waals surface area contributed by atoms with E-state index in [0.717, 1.165) is 22.9 Å². The van der Waals surface area contributed by atoms with Crippen LogP contribution in [-0.4, -0.2) is 40.0 Å². The van der Waals surface area contributed by atoms with Crippen LogP contribution in [0.3, 0.4) is 0 Å². The minimum atomic E-state index is -1.23. The Bertz CT molecular complexity index is 1110. The largest absolute Gasteiger partial charge is 0.309 e. The lowest BCUT2D eigenvalue weighted by Gasteiger charge is -2.12. The zero-order chi connectivity index (χ0) is 19.7. The molecule has 0 spiro atoms. The lowest BCUT2D eigenvalue weighted by atomic mass is 10.1. The Morgan fingerprint density at radius 3 is 2.75 bits per heavy atom. The van der Waals surface area contributed by atoms with Gasteiger partial charge in [-0.15, -0.1) is 10.2 Å². The third kappa shape index (κ3) is 3.83. The van der Waals surface area contributed by atoms with Crippen LogP contribution in [-0.2, 0) is 13.5 Å². The summed E-state index contributed by atoms with van der Waals surface area (Å²) in [5, 5.41) is 15.7. The van der Waals surface area contributed by atoms with E-state index in [0.29, 0.717) is 24.4 Å². The molecule has 144 valence electrons. The van der Waals surface area contributed by atoms with Gasteiger partial charge in [0.05, 0.1) is 11.9 Å². The molecule has 0 saturated carbocycles. The van der Waals surface area contributed by atoms with Crippen molar-refractivity contribution in [1.82, 2.24) is 34.3 Å². The molecule has 4 aromatic heterocycles. The van der Waals surface area contributed by atoms with Gasteiger partial charge in [-0.3, -0.25) is 9.08 Å². The van der Waals surface area contributed by atoms with Gasteiger partial charge in [0.2, 0.25) is 5.95 Å². The Labute approximate surface area is 161 Å². The van der Waals surface area contributed by atoms with Gasteiger partial charge in [0, 0.05) is 37.5 Å². The molecule has 0 amide bonds. The molecule has 0 aliphatic carbocycles. The van der Waals surface area contributed by atoms with Crippen molar-refractivity contribution in [3.63, 3.8) is 0 Å². The Kier molecular flexibility index (Phi) is 4.50. The maximum absolute atomic E-state index is 13.8. The lowest BCUT2D eigenvalue weighted by molar-refractivity contribution is 0.201. The third-order valence-electron chi connectivity index (χ3n) is 4.44. The number of aryl methyl sites for hydroxylation is 2. The van der Waals surface area contributed by atoms with Crippen molar-refractivity contribution in [3.05, 3.63) is 48.7 Å². The first-order chi connectivity index (χ1) is 13.4. The van der Waals surface area contributed by atoms with Gasteiger partial charge >= 0.3 is 0 Å². The van der Waals surface area contributed by atoms with Gasteiger partial charge in [0.1, 0.15) is 17.3 Å². The highest BCUT2D eigenvalue weighted by Crippen LogP contribution is 2.22. The van der Waals surface area contributed by atoms with Crippen LogP contribution in [0.2, 0.25) is 0 Å². The summed E-state index contributed by atoms with van der Waals surface area (Å²) in [5.74, 6) is 2.02. The Balaban J connectivity index is 1.59. The van der Waals surface area contributed by atoms with Gasteiger partial charge in [-0.2, -0.15) is 5.10 Å². The predicted molar refractivity (Wildman–Crippen MR) is 104 cm³/mol. The summed E-state index contributed by atoms with van der Waals surface area (Å²) in [7, 11) is 1.84. The molecule has 4 heterocycles. The first-order valence-corrected chi connectivity index (χ1v) is 9.00. The lowest BCUT2D eigenvalue weighted by Crippen LogP contribution is -2.13. The van der Waals surface area contributed by atoms with Crippen LogP contribution < -0.4 is 5.32 Å². The van der Waals surface area contributed by atoms with E-state index in [-0.39, 0.29) is 0 Å². The molecule has 9 heteroatoms. The second-order valence-electron chi connectivity index (χ2n) is 7.21. The highest BCUT2D eigenvalue weighted by molar-refractivity contribution is 5.65. The van der Waals surface area contributed by atoms with Crippen molar-refractivity contribution < 1.29 is 4.39 Å². The summed E-state index contributed by atoms with van der Waals surface area (Å²) in [6.45, 7) is 3.14. The van der Waals surface area contributed by atoms with Crippen molar-refractivity contribution in [3.8, 4) is 11.3 Å². The van der Waals surface area contributed by atoms with Crippen LogP contribution >= 0.6 is 0 Å². The van der Waals surface area contributed by atoms with Crippen LogP contribution in [0.15, 0.2) is 42.9 Å². The van der Waals surface area contributed by atoms with Crippen LogP contribution in [0.1, 0.15) is 26.1 Å². The number of aromatic nitrogens is 7. The molecule has 0 aliphatic rings. The van der Waals surface area contributed by atoms with Gasteiger partial charge in [0.25, 0.3) is 0 Å². The van der Waals surface area contributed by atoms with E-state index in [1.165, 1.54) is 0 Å². The van der Waals surface area contributed by atoms with Crippen molar-refractivity contribution in [2.24, 2.45) is 7.05 Å². The Morgan fingerprint density at radius 2 is 2.00 bits per heavy atom. The standard InChI is InChI=1S/C19H21FN8/c1-19(2,20)8-4-16-25-26-17-12-13(7-11-28(16)17)14-5-9-21-18(23-14)24-15-6-10-22-27(15)3/h5-7,9-12H,4,8H2,1-3H3,(H,21,23,24). The minimum absolute atomic E-state index is 0.393. The van der Waals surface area contributed by atoms with Crippen molar-refractivity contribution in [2.75, 3.05) is 5.32 Å². The number of halogens is 1. The quantitative estimate of drug-likeness (QED) is 0.552. The van der Waals surface area contributed by atoms with E-state index in [4.69, 9.17) is 0 Å². The Hall–Kier alpha value is -3.36. The van der Waals surface area contributed by atoms with Crippen molar-refractivity contribution >= 4 is 17.4 Å². The monoisotopic (exact) mass is 380 g/mol. The number of pyridine rings is 1. The fourth-order valence-corrected chi connectivity index (χ4v) is 2.87. The fourth-order valence-electron chi connectivity index (χ4n) is 2.87. The number of hydrogen-bond acceptors (Lipinski definition) is 6. The van der Waals surface area contributed by atoms with Gasteiger partial charge in [0.15, 0.2) is 5.65 Å². The summed E-state index contributed by atoms with van der Waals surface area (Å²) < 4.78 is 17.4. The summed E-state index contributed by atoms with van der Waals surface area (Å²) >= 11 is 0. The third-order valence-corrected chi connectivity index (χ3v) is 4.44. The second kappa shape index (κ2) is 6.99. The number of hydrogen-bond donors (Lipinski definition) is 1. The summed E-state index contributed by atoms with van der Waals surface area (Å²) in [6, 6.07) is 7.53. The first-order valence-electron chi connectivity index (χ1n) is 9.00. The summed E-state index contributed by atoms with van der Waals surface area (Å²) in [6.07, 6.45) is 6.21. The average Bonchev–Trinajstić information content (AvgIpc) is 3.25. The van der Waals surface area contributed by atoms with Crippen LogP contribution in [0, 0.1) is 0 Å². The maximum atomic E-state index is 13.8. The number of nitrogens with zero attached hydrogens (tertiary/aromatic N) is 7. The average molecular weight is 380 g/mol. The van der Waals surface area contributed by atoms with Gasteiger partial charge in [-0.25, -0.2) is 14.4 Å². The molecule has 4 aromatic rings. The van der Waals surface area contributed by atoms with Gasteiger partial charge in [-0.05, 0) is 38.5 Å². The second-order valence-corrected chi connectivity index (χ2v) is 7.21. The molecule has 0 aliphatic heterocycles. The minimum Gasteiger partial charge on any atom is -0.309 e. The Morgan fingerprint density at radius 1 is 1.14 bits per heavy atom. The SMILES string of the molecule is Cn1nccc1Nc1nccc(-c2ccn3c(CCC(C)(C)F)nnc3c2)n1. The smallest absolute Gasteiger partial charge is 0.228 e. The topological polar surface area (TPSA) is 85.8 Å². The molecular weight excluding hydrogens is 359 g/mol. The molecule has 8 nitrogen and oxygen atoms in total. The molecule has 0 fully saturated rings. The van der Waals surface area contributed by atoms with E-state index < -0.39 is 5.67 Å². The number of alkyl halides is 1. The predicted octanol–water partition coefficient (Wildman–Crippen LogP) is 3.34. The zero-order valence-corrected chi connectivity index (χ0v) is 16.0. The van der Waals surface area contributed by atoms with E-state index in [1.54, 1.807) is 30.9 Å². The summed E-state index contributed by atoms with van der Waals surface area (Å²) in [4.78, 5) is 8.83. The first kappa shape index (κ1) is 18.0. The number of rotatable bonds is 6. The van der Waals surface area contributed by atoms with Gasteiger partial charge < -0.3 is 5.32 Å². The molecule has 0 bridgehead atoms. The molecule has 4 rings (SSSR count). The molecule has 0 unspecified atom stereocenters.